The van der Waals surface area contributed by atoms with Crippen LogP contribution in [0.5, 0.6) is 0 Å². The van der Waals surface area contributed by atoms with E-state index in [0.717, 1.165) is 12.8 Å². The molecule has 3 heteroatoms. The number of rotatable bonds is 5. The number of carbonyl (C=O) groups excluding carboxylic acids is 1. The van der Waals surface area contributed by atoms with Gasteiger partial charge in [0.2, 0.25) is 0 Å². The summed E-state index contributed by atoms with van der Waals surface area (Å²) in [5.74, 6) is 0. The molecule has 0 spiro atoms. The zero-order valence-electron chi connectivity index (χ0n) is 8.17. The van der Waals surface area contributed by atoms with Gasteiger partial charge in [-0.05, 0) is 45.3 Å². The number of hydrogen-bond acceptors (Lipinski definition) is 2. The van der Waals surface area contributed by atoms with Gasteiger partial charge in [-0.15, -0.1) is 12.6 Å². The first kappa shape index (κ1) is 11.1. The lowest BCUT2D eigenvalue weighted by atomic mass is 10.1. The lowest BCUT2D eigenvalue weighted by molar-refractivity contribution is -0.110. The van der Waals surface area contributed by atoms with Crippen LogP contribution in [0.4, 0.5) is 0 Å². The Balaban J connectivity index is 1.95. The molecule has 0 aromatic heterocycles. The molecule has 0 aromatic carbocycles. The van der Waals surface area contributed by atoms with Gasteiger partial charge in [0.05, 0.1) is 0 Å². The highest BCUT2D eigenvalue weighted by Crippen LogP contribution is 2.10. The van der Waals surface area contributed by atoms with Crippen LogP contribution in [0.15, 0.2) is 0 Å². The highest BCUT2D eigenvalue weighted by Gasteiger charge is 2.08. The van der Waals surface area contributed by atoms with Crippen LogP contribution in [-0.4, -0.2) is 29.6 Å². The summed E-state index contributed by atoms with van der Waals surface area (Å²) >= 11 is 3.75. The summed E-state index contributed by atoms with van der Waals surface area (Å²) in [5.41, 5.74) is 0. The third-order valence-corrected chi connectivity index (χ3v) is 2.79. The monoisotopic (exact) mass is 201 g/mol. The predicted molar refractivity (Wildman–Crippen MR) is 58.1 cm³/mol. The van der Waals surface area contributed by atoms with Crippen molar-refractivity contribution in [3.63, 3.8) is 0 Å². The molecule has 1 rings (SSSR count). The second kappa shape index (κ2) is 6.44. The van der Waals surface area contributed by atoms with Crippen LogP contribution < -0.4 is 0 Å². The van der Waals surface area contributed by atoms with Crippen molar-refractivity contribution >= 4 is 17.7 Å². The summed E-state index contributed by atoms with van der Waals surface area (Å²) in [6, 6.07) is 0. The molecule has 0 saturated carbocycles. The van der Waals surface area contributed by atoms with Crippen molar-refractivity contribution in [1.82, 2.24) is 4.90 Å². The Kier molecular flexibility index (Phi) is 5.47. The maximum Gasteiger partial charge on any atom is 0.185 e. The van der Waals surface area contributed by atoms with Gasteiger partial charge in [-0.3, -0.25) is 4.79 Å². The van der Waals surface area contributed by atoms with Gasteiger partial charge in [0.25, 0.3) is 0 Å². The molecule has 1 aliphatic rings. The van der Waals surface area contributed by atoms with E-state index >= 15 is 0 Å². The van der Waals surface area contributed by atoms with Crippen LogP contribution in [0, 0.1) is 0 Å². The molecule has 13 heavy (non-hydrogen) atoms. The third kappa shape index (κ3) is 5.32. The van der Waals surface area contributed by atoms with Crippen LogP contribution in [0.25, 0.3) is 0 Å². The van der Waals surface area contributed by atoms with Gasteiger partial charge in [0, 0.05) is 6.42 Å². The Hall–Kier alpha value is -0.0200. The van der Waals surface area contributed by atoms with E-state index in [4.69, 9.17) is 0 Å². The summed E-state index contributed by atoms with van der Waals surface area (Å²) < 4.78 is 0. The van der Waals surface area contributed by atoms with Gasteiger partial charge >= 0.3 is 0 Å². The Bertz CT molecular complexity index is 155. The molecule has 0 unspecified atom stereocenters. The molecule has 2 nitrogen and oxygen atoms in total. The largest absolute Gasteiger partial charge is 0.303 e. The molecule has 0 bridgehead atoms. The highest BCUT2D eigenvalue weighted by atomic mass is 32.1. The molecule has 1 heterocycles. The summed E-state index contributed by atoms with van der Waals surface area (Å²) in [6.45, 7) is 3.69. The standard InChI is InChI=1S/C10H19NOS/c12-10(13)6-2-5-9-11-7-3-1-4-8-11/h1-9H2,(H,12,13). The van der Waals surface area contributed by atoms with E-state index in [1.54, 1.807) is 0 Å². The van der Waals surface area contributed by atoms with E-state index in [9.17, 15) is 4.79 Å². The van der Waals surface area contributed by atoms with Gasteiger partial charge in [-0.1, -0.05) is 6.42 Å². The highest BCUT2D eigenvalue weighted by molar-refractivity contribution is 7.96. The minimum Gasteiger partial charge on any atom is -0.303 e. The second-order valence-corrected chi connectivity index (χ2v) is 4.25. The molecule has 0 atom stereocenters. The fraction of sp³-hybridized carbons (Fsp3) is 0.900. The van der Waals surface area contributed by atoms with Crippen molar-refractivity contribution < 1.29 is 4.79 Å². The van der Waals surface area contributed by atoms with Crippen LogP contribution in [-0.2, 0) is 4.79 Å². The lowest BCUT2D eigenvalue weighted by Crippen LogP contribution is -2.30. The van der Waals surface area contributed by atoms with Gasteiger partial charge < -0.3 is 4.90 Å². The molecular weight excluding hydrogens is 182 g/mol. The minimum absolute atomic E-state index is 0.0265. The summed E-state index contributed by atoms with van der Waals surface area (Å²) in [7, 11) is 0. The van der Waals surface area contributed by atoms with Gasteiger partial charge in [0.1, 0.15) is 0 Å². The van der Waals surface area contributed by atoms with Gasteiger partial charge in [-0.2, -0.15) is 0 Å². The van der Waals surface area contributed by atoms with E-state index in [0.29, 0.717) is 6.42 Å². The van der Waals surface area contributed by atoms with E-state index in [1.165, 1.54) is 38.9 Å². The van der Waals surface area contributed by atoms with Gasteiger partial charge in [0.15, 0.2) is 5.12 Å². The number of unbranched alkanes of at least 4 members (excludes halogenated alkanes) is 1. The SMILES string of the molecule is O=C(S)CCCCN1CCCCC1. The average molecular weight is 201 g/mol. The van der Waals surface area contributed by atoms with Crippen molar-refractivity contribution in [3.05, 3.63) is 0 Å². The molecule has 76 valence electrons. The second-order valence-electron chi connectivity index (χ2n) is 3.75. The van der Waals surface area contributed by atoms with Crippen molar-refractivity contribution in [2.45, 2.75) is 38.5 Å². The molecule has 1 saturated heterocycles. The minimum atomic E-state index is 0.0265. The summed E-state index contributed by atoms with van der Waals surface area (Å²) in [6.07, 6.45) is 6.88. The molecule has 0 N–H and O–H groups in total. The fourth-order valence-electron chi connectivity index (χ4n) is 1.79. The maximum absolute atomic E-state index is 10.5. The van der Waals surface area contributed by atoms with Crippen molar-refractivity contribution in [2.24, 2.45) is 0 Å². The molecule has 0 aliphatic carbocycles. The van der Waals surface area contributed by atoms with Crippen molar-refractivity contribution in [1.29, 1.82) is 0 Å². The van der Waals surface area contributed by atoms with E-state index < -0.39 is 0 Å². The van der Waals surface area contributed by atoms with E-state index in [-0.39, 0.29) is 5.12 Å². The first-order valence-corrected chi connectivity index (χ1v) is 5.68. The number of hydrogen-bond donors (Lipinski definition) is 1. The third-order valence-electron chi connectivity index (χ3n) is 2.56. The first-order valence-electron chi connectivity index (χ1n) is 5.23. The topological polar surface area (TPSA) is 20.3 Å². The Morgan fingerprint density at radius 3 is 2.46 bits per heavy atom. The normalized spacial score (nSPS) is 18.8. The molecule has 1 fully saturated rings. The number of likely N-dealkylation sites (tertiary alicyclic amines) is 1. The molecule has 1 aliphatic heterocycles. The van der Waals surface area contributed by atoms with Crippen LogP contribution in [0.3, 0.4) is 0 Å². The van der Waals surface area contributed by atoms with E-state index in [1.807, 2.05) is 0 Å². The first-order chi connectivity index (χ1) is 6.29. The number of piperidine rings is 1. The predicted octanol–water partition coefficient (Wildman–Crippen LogP) is 2.10. The zero-order chi connectivity index (χ0) is 9.52. The molecule has 0 radical (unpaired) electrons. The molecule has 0 aromatic rings. The van der Waals surface area contributed by atoms with Crippen molar-refractivity contribution in [3.8, 4) is 0 Å². The fourth-order valence-corrected chi connectivity index (χ4v) is 1.95. The Morgan fingerprint density at radius 1 is 1.15 bits per heavy atom. The van der Waals surface area contributed by atoms with Crippen molar-refractivity contribution in [2.75, 3.05) is 19.6 Å². The maximum atomic E-state index is 10.5. The molecular formula is C10H19NOS. The number of carbonyl (C=O) groups is 1. The number of nitrogens with zero attached hydrogens (tertiary/aromatic N) is 1. The summed E-state index contributed by atoms with van der Waals surface area (Å²) in [5, 5.41) is 0.0265. The van der Waals surface area contributed by atoms with Crippen LogP contribution >= 0.6 is 12.6 Å². The lowest BCUT2D eigenvalue weighted by Gasteiger charge is -2.26. The zero-order valence-corrected chi connectivity index (χ0v) is 9.06. The average Bonchev–Trinajstić information content (AvgIpc) is 2.14. The Labute approximate surface area is 86.1 Å². The quantitative estimate of drug-likeness (QED) is 0.543. The Morgan fingerprint density at radius 2 is 1.85 bits per heavy atom. The smallest absolute Gasteiger partial charge is 0.185 e. The van der Waals surface area contributed by atoms with Crippen LogP contribution in [0.2, 0.25) is 0 Å². The molecule has 0 amide bonds. The number of thiol groups is 1. The summed E-state index contributed by atoms with van der Waals surface area (Å²) in [4.78, 5) is 13.1. The van der Waals surface area contributed by atoms with Gasteiger partial charge in [-0.25, -0.2) is 0 Å². The van der Waals surface area contributed by atoms with Crippen LogP contribution in [0.1, 0.15) is 38.5 Å². The van der Waals surface area contributed by atoms with E-state index in [2.05, 4.69) is 17.5 Å².